The first-order valence-electron chi connectivity index (χ1n) is 10.2. The highest BCUT2D eigenvalue weighted by atomic mass is 16.5. The quantitative estimate of drug-likeness (QED) is 0.735. The number of carbonyl (C=O) groups excluding carboxylic acids is 1. The predicted octanol–water partition coefficient (Wildman–Crippen LogP) is 3.85. The van der Waals surface area contributed by atoms with Gasteiger partial charge in [-0.3, -0.25) is 4.79 Å². The smallest absolute Gasteiger partial charge is 0.227 e. The van der Waals surface area contributed by atoms with Crippen LogP contribution >= 0.6 is 0 Å². The number of ether oxygens (including phenoxy) is 3. The maximum Gasteiger partial charge on any atom is 0.227 e. The van der Waals surface area contributed by atoms with Crippen LogP contribution in [0.5, 0.6) is 5.75 Å². The van der Waals surface area contributed by atoms with Crippen LogP contribution in [-0.2, 0) is 20.7 Å². The average Bonchev–Trinajstić information content (AvgIpc) is 2.75. The molecule has 156 valence electrons. The van der Waals surface area contributed by atoms with Gasteiger partial charge in [0.2, 0.25) is 5.91 Å². The Morgan fingerprint density at radius 2 is 1.79 bits per heavy atom. The number of carbonyl (C=O) groups is 1. The van der Waals surface area contributed by atoms with E-state index in [2.05, 4.69) is 35.6 Å². The summed E-state index contributed by atoms with van der Waals surface area (Å²) >= 11 is 0. The lowest BCUT2D eigenvalue weighted by atomic mass is 9.74. The van der Waals surface area contributed by atoms with Crippen molar-refractivity contribution in [3.05, 3.63) is 54.1 Å². The maximum absolute atomic E-state index is 13.1. The molecule has 3 rings (SSSR count). The molecule has 5 heteroatoms. The van der Waals surface area contributed by atoms with Crippen molar-refractivity contribution >= 4 is 5.91 Å². The van der Waals surface area contributed by atoms with E-state index in [1.807, 2.05) is 25.1 Å². The Morgan fingerprint density at radius 1 is 1.10 bits per heavy atom. The van der Waals surface area contributed by atoms with E-state index >= 15 is 0 Å². The van der Waals surface area contributed by atoms with Gasteiger partial charge in [-0.1, -0.05) is 42.5 Å². The zero-order chi connectivity index (χ0) is 20.7. The van der Waals surface area contributed by atoms with Crippen molar-refractivity contribution in [2.75, 3.05) is 34.0 Å². The van der Waals surface area contributed by atoms with Crippen molar-refractivity contribution in [2.24, 2.45) is 5.41 Å². The minimum atomic E-state index is -0.438. The Bertz CT molecular complexity index is 797. The second kappa shape index (κ2) is 9.90. The third-order valence-corrected chi connectivity index (χ3v) is 5.64. The summed E-state index contributed by atoms with van der Waals surface area (Å²) in [6.45, 7) is 3.71. The molecule has 0 radical (unpaired) electrons. The highest BCUT2D eigenvalue weighted by Crippen LogP contribution is 2.36. The van der Waals surface area contributed by atoms with Gasteiger partial charge >= 0.3 is 0 Å². The van der Waals surface area contributed by atoms with Crippen molar-refractivity contribution in [3.8, 4) is 16.9 Å². The fraction of sp³-hybridized carbons (Fsp3) is 0.458. The van der Waals surface area contributed by atoms with Crippen molar-refractivity contribution in [1.29, 1.82) is 0 Å². The largest absolute Gasteiger partial charge is 0.496 e. The third kappa shape index (κ3) is 5.17. The van der Waals surface area contributed by atoms with E-state index in [-0.39, 0.29) is 11.9 Å². The number of nitrogens with one attached hydrogen (secondary N) is 1. The van der Waals surface area contributed by atoms with Crippen LogP contribution in [0.15, 0.2) is 48.5 Å². The molecule has 0 spiro atoms. The molecule has 1 aliphatic rings. The van der Waals surface area contributed by atoms with Crippen LogP contribution in [0.25, 0.3) is 11.1 Å². The van der Waals surface area contributed by atoms with Gasteiger partial charge in [0.1, 0.15) is 5.75 Å². The molecule has 1 fully saturated rings. The van der Waals surface area contributed by atoms with E-state index in [1.165, 1.54) is 0 Å². The monoisotopic (exact) mass is 397 g/mol. The van der Waals surface area contributed by atoms with Crippen molar-refractivity contribution in [3.63, 3.8) is 0 Å². The number of amides is 1. The van der Waals surface area contributed by atoms with Crippen molar-refractivity contribution in [2.45, 2.75) is 32.2 Å². The molecule has 5 nitrogen and oxygen atoms in total. The fourth-order valence-electron chi connectivity index (χ4n) is 3.99. The van der Waals surface area contributed by atoms with E-state index in [0.717, 1.165) is 35.3 Å². The van der Waals surface area contributed by atoms with Crippen LogP contribution in [0.1, 0.15) is 25.3 Å². The van der Waals surface area contributed by atoms with E-state index in [0.29, 0.717) is 26.2 Å². The van der Waals surface area contributed by atoms with Gasteiger partial charge in [0.15, 0.2) is 0 Å². The highest BCUT2D eigenvalue weighted by Gasteiger charge is 2.40. The number of methoxy groups -OCH3 is 2. The summed E-state index contributed by atoms with van der Waals surface area (Å²) in [4.78, 5) is 13.1. The van der Waals surface area contributed by atoms with Crippen LogP contribution in [0, 0.1) is 5.41 Å². The summed E-state index contributed by atoms with van der Waals surface area (Å²) in [7, 11) is 3.33. The molecule has 1 amide bonds. The van der Waals surface area contributed by atoms with Crippen LogP contribution < -0.4 is 10.1 Å². The summed E-state index contributed by atoms with van der Waals surface area (Å²) < 4.78 is 16.2. The highest BCUT2D eigenvalue weighted by molar-refractivity contribution is 5.83. The number of para-hydroxylation sites is 1. The number of benzene rings is 2. The second-order valence-electron chi connectivity index (χ2n) is 7.80. The SMILES string of the molecule is COCC(C)NC(=O)C1(Cc2ccc(-c3ccccc3OC)cc2)CCOCC1. The van der Waals surface area contributed by atoms with Crippen LogP contribution in [-0.4, -0.2) is 46.0 Å². The van der Waals surface area contributed by atoms with Gasteiger partial charge in [-0.2, -0.15) is 0 Å². The van der Waals surface area contributed by atoms with Crippen molar-refractivity contribution < 1.29 is 19.0 Å². The molecule has 0 aliphatic carbocycles. The second-order valence-corrected chi connectivity index (χ2v) is 7.80. The first kappa shape index (κ1) is 21.3. The van der Waals surface area contributed by atoms with Gasteiger partial charge in [0.25, 0.3) is 0 Å². The molecule has 1 N–H and O–H groups in total. The molecule has 0 saturated carbocycles. The molecule has 1 atom stereocenters. The van der Waals surface area contributed by atoms with Gasteiger partial charge in [-0.25, -0.2) is 0 Å². The Balaban J connectivity index is 1.78. The lowest BCUT2D eigenvalue weighted by Crippen LogP contribution is -2.49. The van der Waals surface area contributed by atoms with Gasteiger partial charge < -0.3 is 19.5 Å². The summed E-state index contributed by atoms with van der Waals surface area (Å²) in [5.74, 6) is 0.951. The molecule has 2 aromatic carbocycles. The van der Waals surface area contributed by atoms with Gasteiger partial charge in [-0.15, -0.1) is 0 Å². The summed E-state index contributed by atoms with van der Waals surface area (Å²) in [6, 6.07) is 16.4. The molecular formula is C24H31NO4. The Labute approximate surface area is 173 Å². The maximum atomic E-state index is 13.1. The molecular weight excluding hydrogens is 366 g/mol. The number of hydrogen-bond acceptors (Lipinski definition) is 4. The van der Waals surface area contributed by atoms with E-state index in [4.69, 9.17) is 14.2 Å². The third-order valence-electron chi connectivity index (χ3n) is 5.64. The molecule has 1 saturated heterocycles. The minimum Gasteiger partial charge on any atom is -0.496 e. The van der Waals surface area contributed by atoms with Crippen LogP contribution in [0.2, 0.25) is 0 Å². The Hall–Kier alpha value is -2.37. The molecule has 1 unspecified atom stereocenters. The molecule has 0 bridgehead atoms. The molecule has 1 aliphatic heterocycles. The summed E-state index contributed by atoms with van der Waals surface area (Å²) in [5, 5.41) is 3.13. The molecule has 1 heterocycles. The van der Waals surface area contributed by atoms with Crippen LogP contribution in [0.4, 0.5) is 0 Å². The standard InChI is InChI=1S/C24H31NO4/c1-18(17-27-2)25-23(26)24(12-14-29-15-13-24)16-19-8-10-20(11-9-19)21-6-4-5-7-22(21)28-3/h4-11,18H,12-17H2,1-3H3,(H,25,26). The zero-order valence-electron chi connectivity index (χ0n) is 17.6. The fourth-order valence-corrected chi connectivity index (χ4v) is 3.99. The number of hydrogen-bond donors (Lipinski definition) is 1. The Kier molecular flexibility index (Phi) is 7.29. The van der Waals surface area contributed by atoms with E-state index < -0.39 is 5.41 Å². The Morgan fingerprint density at radius 3 is 2.45 bits per heavy atom. The lowest BCUT2D eigenvalue weighted by Gasteiger charge is -2.37. The summed E-state index contributed by atoms with van der Waals surface area (Å²) in [5.41, 5.74) is 2.88. The minimum absolute atomic E-state index is 0.0138. The zero-order valence-corrected chi connectivity index (χ0v) is 17.6. The molecule has 29 heavy (non-hydrogen) atoms. The topological polar surface area (TPSA) is 56.8 Å². The normalized spacial score (nSPS) is 16.8. The predicted molar refractivity (Wildman–Crippen MR) is 114 cm³/mol. The molecule has 0 aromatic heterocycles. The lowest BCUT2D eigenvalue weighted by molar-refractivity contribution is -0.137. The van der Waals surface area contributed by atoms with Crippen molar-refractivity contribution in [1.82, 2.24) is 5.32 Å². The van der Waals surface area contributed by atoms with Gasteiger partial charge in [0.05, 0.1) is 19.1 Å². The molecule has 2 aromatic rings. The van der Waals surface area contributed by atoms with Crippen LogP contribution in [0.3, 0.4) is 0 Å². The first-order valence-corrected chi connectivity index (χ1v) is 10.2. The number of rotatable bonds is 8. The van der Waals surface area contributed by atoms with E-state index in [9.17, 15) is 4.79 Å². The van der Waals surface area contributed by atoms with Gasteiger partial charge in [-0.05, 0) is 43.4 Å². The average molecular weight is 398 g/mol. The summed E-state index contributed by atoms with van der Waals surface area (Å²) in [6.07, 6.45) is 2.16. The van der Waals surface area contributed by atoms with E-state index in [1.54, 1.807) is 14.2 Å². The first-order chi connectivity index (χ1) is 14.1. The van der Waals surface area contributed by atoms with Gasteiger partial charge in [0, 0.05) is 31.9 Å².